The molecule has 106 valence electrons. The molecule has 0 bridgehead atoms. The molecule has 0 atom stereocenters. The van der Waals surface area contributed by atoms with Gasteiger partial charge < -0.3 is 20.4 Å². The molecule has 1 heterocycles. The largest absolute Gasteiger partial charge is 0.444 e. The van der Waals surface area contributed by atoms with Crippen LogP contribution in [0.5, 0.6) is 0 Å². The molecule has 19 heavy (non-hydrogen) atoms. The van der Waals surface area contributed by atoms with Crippen molar-refractivity contribution in [3.63, 3.8) is 0 Å². The zero-order chi connectivity index (χ0) is 14.6. The van der Waals surface area contributed by atoms with Crippen molar-refractivity contribution in [2.45, 2.75) is 19.4 Å². The monoisotopic (exact) mass is 331 g/mol. The molecular formula is C12H18BrN3O3. The molecule has 3 N–H and O–H groups in total. The Bertz CT molecular complexity index is 465. The predicted octanol–water partition coefficient (Wildman–Crippen LogP) is 0.968. The molecule has 0 aromatic carbocycles. The van der Waals surface area contributed by atoms with Crippen molar-refractivity contribution < 1.29 is 14.0 Å². The third kappa shape index (κ3) is 5.44. The maximum atomic E-state index is 11.9. The Morgan fingerprint density at radius 2 is 2.11 bits per heavy atom. The fourth-order valence-electron chi connectivity index (χ4n) is 1.29. The van der Waals surface area contributed by atoms with Gasteiger partial charge >= 0.3 is 0 Å². The Hall–Kier alpha value is -1.34. The highest BCUT2D eigenvalue weighted by Crippen LogP contribution is 2.15. The summed E-state index contributed by atoms with van der Waals surface area (Å²) in [5.74, 6) is -0.436. The lowest BCUT2D eigenvalue weighted by Crippen LogP contribution is -2.47. The van der Waals surface area contributed by atoms with Gasteiger partial charge in [0.15, 0.2) is 10.4 Å². The number of amides is 2. The average molecular weight is 332 g/mol. The summed E-state index contributed by atoms with van der Waals surface area (Å²) in [6, 6.07) is 3.17. The van der Waals surface area contributed by atoms with E-state index in [9.17, 15) is 9.59 Å². The number of furan rings is 1. The van der Waals surface area contributed by atoms with Crippen LogP contribution in [0, 0.1) is 0 Å². The molecule has 1 aromatic heterocycles. The molecule has 0 aliphatic carbocycles. The molecule has 1 rings (SSSR count). The molecule has 0 radical (unpaired) electrons. The Labute approximate surface area is 120 Å². The average Bonchev–Trinajstić information content (AvgIpc) is 2.71. The highest BCUT2D eigenvalue weighted by Gasteiger charge is 2.19. The second-order valence-corrected chi connectivity index (χ2v) is 5.81. The van der Waals surface area contributed by atoms with Crippen LogP contribution in [-0.4, -0.2) is 42.4 Å². The first-order chi connectivity index (χ1) is 8.69. The van der Waals surface area contributed by atoms with Gasteiger partial charge in [0.2, 0.25) is 5.91 Å². The quantitative estimate of drug-likeness (QED) is 0.841. The molecule has 0 aliphatic rings. The lowest BCUT2D eigenvalue weighted by molar-refractivity contribution is -0.121. The summed E-state index contributed by atoms with van der Waals surface area (Å²) in [4.78, 5) is 24.8. The van der Waals surface area contributed by atoms with Crippen LogP contribution in [0.2, 0.25) is 0 Å². The maximum Gasteiger partial charge on any atom is 0.289 e. The van der Waals surface area contributed by atoms with Gasteiger partial charge in [-0.25, -0.2) is 0 Å². The first-order valence-corrected chi connectivity index (χ1v) is 6.55. The maximum absolute atomic E-state index is 11.9. The van der Waals surface area contributed by atoms with E-state index in [4.69, 9.17) is 10.2 Å². The SMILES string of the molecule is CN(CC(=O)NCC(C)(C)N)C(=O)c1ccc(Br)o1. The zero-order valence-electron chi connectivity index (χ0n) is 11.2. The zero-order valence-corrected chi connectivity index (χ0v) is 12.8. The third-order valence-electron chi connectivity index (χ3n) is 2.25. The summed E-state index contributed by atoms with van der Waals surface area (Å²) in [7, 11) is 1.53. The van der Waals surface area contributed by atoms with Crippen LogP contribution >= 0.6 is 15.9 Å². The van der Waals surface area contributed by atoms with E-state index < -0.39 is 5.54 Å². The number of rotatable bonds is 5. The molecule has 7 heteroatoms. The Kier molecular flexibility index (Phi) is 5.13. The number of nitrogens with zero attached hydrogens (tertiary/aromatic N) is 1. The van der Waals surface area contributed by atoms with Crippen LogP contribution in [0.15, 0.2) is 21.2 Å². The highest BCUT2D eigenvalue weighted by molar-refractivity contribution is 9.10. The normalized spacial score (nSPS) is 11.2. The van der Waals surface area contributed by atoms with Crippen LogP contribution in [-0.2, 0) is 4.79 Å². The van der Waals surface area contributed by atoms with E-state index in [1.165, 1.54) is 11.9 Å². The fourth-order valence-corrected chi connectivity index (χ4v) is 1.59. The van der Waals surface area contributed by atoms with Crippen LogP contribution in [0.25, 0.3) is 0 Å². The number of hydrogen-bond donors (Lipinski definition) is 2. The minimum absolute atomic E-state index is 0.0484. The van der Waals surface area contributed by atoms with Crippen molar-refractivity contribution in [2.75, 3.05) is 20.1 Å². The smallest absolute Gasteiger partial charge is 0.289 e. The summed E-state index contributed by atoms with van der Waals surface area (Å²) < 4.78 is 5.61. The van der Waals surface area contributed by atoms with Gasteiger partial charge in [0.25, 0.3) is 5.91 Å². The molecule has 0 fully saturated rings. The summed E-state index contributed by atoms with van der Waals surface area (Å²) in [5.41, 5.74) is 5.27. The van der Waals surface area contributed by atoms with Gasteiger partial charge in [-0.2, -0.15) is 0 Å². The first kappa shape index (κ1) is 15.7. The van der Waals surface area contributed by atoms with Gasteiger partial charge in [0, 0.05) is 19.1 Å². The number of nitrogens with one attached hydrogen (secondary N) is 1. The molecule has 2 amide bonds. The van der Waals surface area contributed by atoms with Crippen molar-refractivity contribution in [3.05, 3.63) is 22.6 Å². The number of hydrogen-bond acceptors (Lipinski definition) is 4. The predicted molar refractivity (Wildman–Crippen MR) is 74.6 cm³/mol. The summed E-state index contributed by atoms with van der Waals surface area (Å²) in [5, 5.41) is 2.67. The van der Waals surface area contributed by atoms with Crippen molar-refractivity contribution in [1.82, 2.24) is 10.2 Å². The van der Waals surface area contributed by atoms with Gasteiger partial charge in [-0.15, -0.1) is 0 Å². The Balaban J connectivity index is 2.48. The molecule has 0 unspecified atom stereocenters. The van der Waals surface area contributed by atoms with E-state index in [1.54, 1.807) is 12.1 Å². The van der Waals surface area contributed by atoms with E-state index in [1.807, 2.05) is 13.8 Å². The van der Waals surface area contributed by atoms with Crippen LogP contribution in [0.3, 0.4) is 0 Å². The van der Waals surface area contributed by atoms with Gasteiger partial charge in [-0.05, 0) is 41.9 Å². The molecule has 1 aromatic rings. The van der Waals surface area contributed by atoms with Crippen LogP contribution < -0.4 is 11.1 Å². The van der Waals surface area contributed by atoms with Crippen LogP contribution in [0.4, 0.5) is 0 Å². The lowest BCUT2D eigenvalue weighted by atomic mass is 10.1. The van der Waals surface area contributed by atoms with Gasteiger partial charge in [0.05, 0.1) is 6.54 Å². The topological polar surface area (TPSA) is 88.6 Å². The Morgan fingerprint density at radius 1 is 1.47 bits per heavy atom. The molecule has 6 nitrogen and oxygen atoms in total. The molecule has 0 spiro atoms. The lowest BCUT2D eigenvalue weighted by Gasteiger charge is -2.20. The van der Waals surface area contributed by atoms with Crippen molar-refractivity contribution in [3.8, 4) is 0 Å². The minimum atomic E-state index is -0.482. The fraction of sp³-hybridized carbons (Fsp3) is 0.500. The van der Waals surface area contributed by atoms with Gasteiger partial charge in [-0.3, -0.25) is 9.59 Å². The van der Waals surface area contributed by atoms with Crippen molar-refractivity contribution >= 4 is 27.7 Å². The van der Waals surface area contributed by atoms with Gasteiger partial charge in [-0.1, -0.05) is 0 Å². The van der Waals surface area contributed by atoms with Gasteiger partial charge in [0.1, 0.15) is 0 Å². The molecule has 0 aliphatic heterocycles. The number of likely N-dealkylation sites (N-methyl/N-ethyl adjacent to an activating group) is 1. The minimum Gasteiger partial charge on any atom is -0.444 e. The van der Waals surface area contributed by atoms with E-state index in [-0.39, 0.29) is 24.1 Å². The summed E-state index contributed by atoms with van der Waals surface area (Å²) >= 11 is 3.12. The number of carbonyl (C=O) groups is 2. The third-order valence-corrected chi connectivity index (χ3v) is 2.68. The summed E-state index contributed by atoms with van der Waals surface area (Å²) in [6.45, 7) is 3.92. The molecule has 0 saturated carbocycles. The standard InChI is InChI=1S/C12H18BrN3O3/c1-12(2,14)7-15-10(17)6-16(3)11(18)8-4-5-9(13)19-8/h4-5H,6-7,14H2,1-3H3,(H,15,17). The second kappa shape index (κ2) is 6.21. The van der Waals surface area contributed by atoms with E-state index >= 15 is 0 Å². The molecule has 0 saturated heterocycles. The summed E-state index contributed by atoms with van der Waals surface area (Å²) in [6.07, 6.45) is 0. The number of halogens is 1. The number of carbonyl (C=O) groups excluding carboxylic acids is 2. The van der Waals surface area contributed by atoms with E-state index in [2.05, 4.69) is 21.2 Å². The van der Waals surface area contributed by atoms with Crippen LogP contribution in [0.1, 0.15) is 24.4 Å². The van der Waals surface area contributed by atoms with Crippen molar-refractivity contribution in [2.24, 2.45) is 5.73 Å². The van der Waals surface area contributed by atoms with Crippen molar-refractivity contribution in [1.29, 1.82) is 0 Å². The van der Waals surface area contributed by atoms with E-state index in [0.29, 0.717) is 11.2 Å². The molecular weight excluding hydrogens is 314 g/mol. The first-order valence-electron chi connectivity index (χ1n) is 5.75. The number of nitrogens with two attached hydrogens (primary N) is 1. The Morgan fingerprint density at radius 3 is 2.58 bits per heavy atom. The highest BCUT2D eigenvalue weighted by atomic mass is 79.9. The second-order valence-electron chi connectivity index (χ2n) is 5.03. The van der Waals surface area contributed by atoms with E-state index in [0.717, 1.165) is 0 Å².